The number of carbonyl (C=O) groups excluding carboxylic acids is 3. The maximum absolute atomic E-state index is 11.7. The van der Waals surface area contributed by atoms with E-state index in [-0.39, 0.29) is 12.4 Å². The summed E-state index contributed by atoms with van der Waals surface area (Å²) in [6, 6.07) is 0. The maximum atomic E-state index is 11.7. The number of halogens is 1. The normalized spacial score (nSPS) is 11.8. The molecule has 0 spiro atoms. The zero-order valence-corrected chi connectivity index (χ0v) is 13.6. The van der Waals surface area contributed by atoms with E-state index >= 15 is 0 Å². The van der Waals surface area contributed by atoms with Gasteiger partial charge in [0.15, 0.2) is 6.29 Å². The summed E-state index contributed by atoms with van der Waals surface area (Å²) in [6.07, 6.45) is 1.24. The fraction of sp³-hybridized carbons (Fsp3) is 0.462. The number of aromatic nitrogens is 1. The molecule has 1 N–H and O–H groups in total. The lowest BCUT2D eigenvalue weighted by Crippen LogP contribution is -2.14. The molecule has 0 aliphatic heterocycles. The van der Waals surface area contributed by atoms with Crippen molar-refractivity contribution in [1.82, 2.24) is 4.98 Å². The van der Waals surface area contributed by atoms with Crippen molar-refractivity contribution in [1.29, 1.82) is 0 Å². The van der Waals surface area contributed by atoms with E-state index in [0.717, 1.165) is 9.26 Å². The van der Waals surface area contributed by atoms with Gasteiger partial charge >= 0.3 is 11.9 Å². The van der Waals surface area contributed by atoms with Crippen LogP contribution in [-0.2, 0) is 25.5 Å². The van der Waals surface area contributed by atoms with Crippen LogP contribution in [0.3, 0.4) is 0 Å². The minimum atomic E-state index is -0.576. The number of aromatic amines is 1. The maximum Gasteiger partial charge on any atom is 0.312 e. The molecule has 20 heavy (non-hydrogen) atoms. The molecular formula is C13H16INO5. The molecule has 1 unspecified atom stereocenters. The van der Waals surface area contributed by atoms with Crippen molar-refractivity contribution >= 4 is 40.8 Å². The third-order valence-electron chi connectivity index (χ3n) is 3.04. The van der Waals surface area contributed by atoms with Crippen LogP contribution in [0.1, 0.15) is 40.9 Å². The first kappa shape index (κ1) is 16.7. The Kier molecular flexibility index (Phi) is 6.18. The minimum absolute atomic E-state index is 0.184. The zero-order chi connectivity index (χ0) is 15.3. The second kappa shape index (κ2) is 7.41. The van der Waals surface area contributed by atoms with Crippen LogP contribution in [0, 0.1) is 3.70 Å². The van der Waals surface area contributed by atoms with Crippen LogP contribution < -0.4 is 0 Å². The summed E-state index contributed by atoms with van der Waals surface area (Å²) in [5.74, 6) is -1.35. The second-order valence-corrected chi connectivity index (χ2v) is 5.26. The number of carbonyl (C=O) groups is 3. The fourth-order valence-electron chi connectivity index (χ4n) is 2.00. The molecule has 1 atom stereocenters. The van der Waals surface area contributed by atoms with Gasteiger partial charge in [0.05, 0.1) is 29.5 Å². The Morgan fingerprint density at radius 2 is 2.00 bits per heavy atom. The van der Waals surface area contributed by atoms with E-state index in [1.54, 1.807) is 6.92 Å². The Labute approximate surface area is 130 Å². The monoisotopic (exact) mass is 393 g/mol. The predicted molar refractivity (Wildman–Crippen MR) is 79.7 cm³/mol. The number of H-pyrrole nitrogens is 1. The number of methoxy groups -OCH3 is 2. The Bertz CT molecular complexity index is 523. The summed E-state index contributed by atoms with van der Waals surface area (Å²) in [7, 11) is 2.62. The first-order valence-electron chi connectivity index (χ1n) is 5.96. The highest BCUT2D eigenvalue weighted by molar-refractivity contribution is 14.1. The number of ether oxygens (including phenoxy) is 2. The Morgan fingerprint density at radius 1 is 1.35 bits per heavy atom. The molecule has 1 heterocycles. The molecule has 110 valence electrons. The lowest BCUT2D eigenvalue weighted by molar-refractivity contribution is -0.142. The zero-order valence-electron chi connectivity index (χ0n) is 11.5. The van der Waals surface area contributed by atoms with Crippen LogP contribution in [-0.4, -0.2) is 37.4 Å². The summed E-state index contributed by atoms with van der Waals surface area (Å²) in [5, 5.41) is 0. The average molecular weight is 393 g/mol. The number of aldehydes is 1. The first-order chi connectivity index (χ1) is 9.46. The molecule has 1 aromatic rings. The molecule has 0 bridgehead atoms. The van der Waals surface area contributed by atoms with Gasteiger partial charge in [-0.1, -0.05) is 0 Å². The molecule has 6 nitrogen and oxygen atoms in total. The van der Waals surface area contributed by atoms with Gasteiger partial charge in [0.25, 0.3) is 0 Å². The van der Waals surface area contributed by atoms with Crippen molar-refractivity contribution < 1.29 is 23.9 Å². The van der Waals surface area contributed by atoms with Crippen molar-refractivity contribution in [3.8, 4) is 0 Å². The van der Waals surface area contributed by atoms with Gasteiger partial charge in [0, 0.05) is 6.42 Å². The van der Waals surface area contributed by atoms with Crippen molar-refractivity contribution in [2.75, 3.05) is 14.2 Å². The smallest absolute Gasteiger partial charge is 0.312 e. The fourth-order valence-corrected chi connectivity index (χ4v) is 2.85. The summed E-state index contributed by atoms with van der Waals surface area (Å²) in [5.41, 5.74) is 1.70. The summed E-state index contributed by atoms with van der Waals surface area (Å²) in [6.45, 7) is 1.67. The van der Waals surface area contributed by atoms with Crippen LogP contribution in [0.2, 0.25) is 0 Å². The van der Waals surface area contributed by atoms with Gasteiger partial charge in [-0.05, 0) is 47.1 Å². The summed E-state index contributed by atoms with van der Waals surface area (Å²) < 4.78 is 10.1. The number of esters is 2. The number of hydrogen-bond donors (Lipinski definition) is 1. The lowest BCUT2D eigenvalue weighted by Gasteiger charge is -2.11. The minimum Gasteiger partial charge on any atom is -0.469 e. The third kappa shape index (κ3) is 3.59. The van der Waals surface area contributed by atoms with Gasteiger partial charge < -0.3 is 14.5 Å². The molecule has 1 rings (SSSR count). The summed E-state index contributed by atoms with van der Waals surface area (Å²) >= 11 is 2.04. The molecule has 0 aliphatic rings. The molecule has 0 saturated heterocycles. The van der Waals surface area contributed by atoms with E-state index in [2.05, 4.69) is 9.72 Å². The molecular weight excluding hydrogens is 377 g/mol. The molecule has 0 saturated carbocycles. The van der Waals surface area contributed by atoms with E-state index in [0.29, 0.717) is 24.0 Å². The van der Waals surface area contributed by atoms with E-state index in [1.807, 2.05) is 22.6 Å². The summed E-state index contributed by atoms with van der Waals surface area (Å²) in [4.78, 5) is 37.0. The van der Waals surface area contributed by atoms with Crippen molar-refractivity contribution in [2.24, 2.45) is 0 Å². The standard InChI is InChI=1S/C13H16INO5/c1-7(13(18)20-3)11-8(4-5-10(17)19-2)12(14)15-9(11)6-16/h6-7,15H,4-5H2,1-3H3. The number of rotatable bonds is 6. The van der Waals surface area contributed by atoms with Gasteiger partial charge in [-0.25, -0.2) is 0 Å². The highest BCUT2D eigenvalue weighted by Crippen LogP contribution is 2.29. The molecule has 0 aliphatic carbocycles. The van der Waals surface area contributed by atoms with Crippen LogP contribution in [0.4, 0.5) is 0 Å². The molecule has 0 fully saturated rings. The van der Waals surface area contributed by atoms with Crippen LogP contribution in [0.5, 0.6) is 0 Å². The molecule has 0 radical (unpaired) electrons. The van der Waals surface area contributed by atoms with Gasteiger partial charge in [-0.3, -0.25) is 14.4 Å². The quantitative estimate of drug-likeness (QED) is 0.453. The average Bonchev–Trinajstić information content (AvgIpc) is 2.78. The van der Waals surface area contributed by atoms with E-state index < -0.39 is 11.9 Å². The lowest BCUT2D eigenvalue weighted by atomic mass is 9.95. The molecule has 0 aromatic carbocycles. The SMILES string of the molecule is COC(=O)CCc1c(I)[nH]c(C=O)c1C(C)C(=O)OC. The van der Waals surface area contributed by atoms with Crippen LogP contribution in [0.15, 0.2) is 0 Å². The Hall–Kier alpha value is -1.38. The third-order valence-corrected chi connectivity index (χ3v) is 3.96. The van der Waals surface area contributed by atoms with Gasteiger partial charge in [0.2, 0.25) is 0 Å². The topological polar surface area (TPSA) is 85.5 Å². The van der Waals surface area contributed by atoms with E-state index in [4.69, 9.17) is 4.74 Å². The predicted octanol–water partition coefficient (Wildman–Crippen LogP) is 1.81. The molecule has 0 amide bonds. The number of nitrogens with one attached hydrogen (secondary N) is 1. The van der Waals surface area contributed by atoms with E-state index in [9.17, 15) is 14.4 Å². The van der Waals surface area contributed by atoms with Crippen molar-refractivity contribution in [3.63, 3.8) is 0 Å². The van der Waals surface area contributed by atoms with Crippen LogP contribution in [0.25, 0.3) is 0 Å². The van der Waals surface area contributed by atoms with E-state index in [1.165, 1.54) is 14.2 Å². The van der Waals surface area contributed by atoms with Gasteiger partial charge in [-0.15, -0.1) is 0 Å². The second-order valence-electron chi connectivity index (χ2n) is 4.18. The van der Waals surface area contributed by atoms with Crippen LogP contribution >= 0.6 is 22.6 Å². The number of hydrogen-bond acceptors (Lipinski definition) is 5. The van der Waals surface area contributed by atoms with Crippen molar-refractivity contribution in [3.05, 3.63) is 20.5 Å². The van der Waals surface area contributed by atoms with Gasteiger partial charge in [-0.2, -0.15) is 0 Å². The highest BCUT2D eigenvalue weighted by Gasteiger charge is 2.26. The Balaban J connectivity index is 3.15. The Morgan fingerprint density at radius 3 is 2.50 bits per heavy atom. The first-order valence-corrected chi connectivity index (χ1v) is 7.04. The molecule has 7 heteroatoms. The highest BCUT2D eigenvalue weighted by atomic mass is 127. The van der Waals surface area contributed by atoms with Gasteiger partial charge in [0.1, 0.15) is 0 Å². The van der Waals surface area contributed by atoms with Crippen molar-refractivity contribution in [2.45, 2.75) is 25.7 Å². The molecule has 1 aromatic heterocycles. The largest absolute Gasteiger partial charge is 0.469 e.